The van der Waals surface area contributed by atoms with Crippen LogP contribution < -0.4 is 0 Å². The van der Waals surface area contributed by atoms with Crippen LogP contribution in [0.5, 0.6) is 0 Å². The largest absolute Gasteiger partial charge is 0.462 e. The van der Waals surface area contributed by atoms with Crippen molar-refractivity contribution in [2.75, 3.05) is 6.61 Å². The van der Waals surface area contributed by atoms with Gasteiger partial charge in [-0.15, -0.1) is 0 Å². The van der Waals surface area contributed by atoms with Crippen LogP contribution in [-0.4, -0.2) is 59.0 Å². The van der Waals surface area contributed by atoms with Crippen LogP contribution in [0.25, 0.3) is 0 Å². The van der Waals surface area contributed by atoms with Crippen LogP contribution in [0.4, 0.5) is 0 Å². The van der Waals surface area contributed by atoms with Crippen molar-refractivity contribution in [3.8, 4) is 0 Å². The summed E-state index contributed by atoms with van der Waals surface area (Å²) in [4.78, 5) is 45.0. The molecule has 136 valence electrons. The molecule has 0 spiro atoms. The molecule has 1 fully saturated rings. The lowest BCUT2D eigenvalue weighted by molar-refractivity contribution is -0.176. The van der Waals surface area contributed by atoms with E-state index >= 15 is 0 Å². The third kappa shape index (κ3) is 6.23. The molecule has 0 bridgehead atoms. The van der Waals surface area contributed by atoms with Gasteiger partial charge in [0.2, 0.25) is 0 Å². The summed E-state index contributed by atoms with van der Waals surface area (Å²) >= 11 is 1.87. The highest BCUT2D eigenvalue weighted by Crippen LogP contribution is 2.33. The Morgan fingerprint density at radius 2 is 1.46 bits per heavy atom. The predicted octanol–water partition coefficient (Wildman–Crippen LogP) is 0.504. The van der Waals surface area contributed by atoms with Crippen molar-refractivity contribution >= 4 is 46.5 Å². The number of carbonyl (C=O) groups is 4. The third-order valence-corrected chi connectivity index (χ3v) is 3.93. The van der Waals surface area contributed by atoms with Gasteiger partial charge in [-0.25, -0.2) is 0 Å². The van der Waals surface area contributed by atoms with Crippen LogP contribution in [0, 0.1) is 0 Å². The van der Waals surface area contributed by atoms with Gasteiger partial charge in [0.05, 0.1) is 0 Å². The maximum atomic E-state index is 11.4. The Balaban J connectivity index is 3.03. The molecule has 1 aliphatic heterocycles. The van der Waals surface area contributed by atoms with Crippen molar-refractivity contribution in [2.45, 2.75) is 56.2 Å². The van der Waals surface area contributed by atoms with E-state index in [9.17, 15) is 19.2 Å². The van der Waals surface area contributed by atoms with Crippen molar-refractivity contribution in [1.82, 2.24) is 0 Å². The van der Waals surface area contributed by atoms with E-state index in [1.165, 1.54) is 27.7 Å². The Bertz CT molecular complexity index is 506. The lowest BCUT2D eigenvalue weighted by atomic mass is 10.1. The highest BCUT2D eigenvalue weighted by Gasteiger charge is 2.52. The van der Waals surface area contributed by atoms with E-state index in [0.717, 1.165) is 0 Å². The molecule has 24 heavy (non-hydrogen) atoms. The number of hydrogen-bond acceptors (Lipinski definition) is 9. The van der Waals surface area contributed by atoms with Crippen LogP contribution >= 0.6 is 22.6 Å². The van der Waals surface area contributed by atoms with Gasteiger partial charge < -0.3 is 23.7 Å². The zero-order chi connectivity index (χ0) is 18.4. The SMILES string of the molecule is CC(=O)OCC(OC(C)=O)[C@H]1O[C@@H](I)[C@H](OC(C)=O)[C@H]1OC(C)=O. The van der Waals surface area contributed by atoms with Gasteiger partial charge in [0.1, 0.15) is 16.8 Å². The number of esters is 4. The fourth-order valence-electron chi connectivity index (χ4n) is 2.19. The smallest absolute Gasteiger partial charge is 0.303 e. The minimum Gasteiger partial charge on any atom is -0.462 e. The quantitative estimate of drug-likeness (QED) is 0.243. The predicted molar refractivity (Wildman–Crippen MR) is 86.0 cm³/mol. The van der Waals surface area contributed by atoms with E-state index in [4.69, 9.17) is 23.7 Å². The van der Waals surface area contributed by atoms with E-state index in [-0.39, 0.29) is 6.61 Å². The summed E-state index contributed by atoms with van der Waals surface area (Å²) in [6.45, 7) is 4.50. The fraction of sp³-hybridized carbons (Fsp3) is 0.714. The number of rotatable bonds is 6. The molecular formula is C14H19IO9. The Kier molecular flexibility index (Phi) is 7.87. The summed E-state index contributed by atoms with van der Waals surface area (Å²) in [5.41, 5.74) is 0. The third-order valence-electron chi connectivity index (χ3n) is 2.93. The number of alkyl halides is 1. The van der Waals surface area contributed by atoms with Crippen LogP contribution in [0.2, 0.25) is 0 Å². The van der Waals surface area contributed by atoms with Gasteiger partial charge in [-0.1, -0.05) is 0 Å². The van der Waals surface area contributed by atoms with E-state index < -0.39 is 52.4 Å². The summed E-state index contributed by atoms with van der Waals surface area (Å²) in [6, 6.07) is 0. The van der Waals surface area contributed by atoms with Crippen LogP contribution in [-0.2, 0) is 42.9 Å². The summed E-state index contributed by atoms with van der Waals surface area (Å²) in [5, 5.41) is 0. The molecule has 1 aliphatic rings. The van der Waals surface area contributed by atoms with Crippen molar-refractivity contribution < 1.29 is 42.9 Å². The Morgan fingerprint density at radius 3 is 1.92 bits per heavy atom. The fourth-order valence-corrected chi connectivity index (χ4v) is 3.08. The lowest BCUT2D eigenvalue weighted by Gasteiger charge is -2.27. The van der Waals surface area contributed by atoms with Crippen molar-refractivity contribution in [3.05, 3.63) is 0 Å². The molecule has 0 aromatic rings. The second kappa shape index (κ2) is 9.16. The average Bonchev–Trinajstić information content (AvgIpc) is 2.70. The molecule has 1 unspecified atom stereocenters. The van der Waals surface area contributed by atoms with Gasteiger partial charge in [-0.2, -0.15) is 0 Å². The molecule has 1 rings (SSSR count). The Hall–Kier alpha value is -1.43. The van der Waals surface area contributed by atoms with E-state index in [0.29, 0.717) is 0 Å². The molecule has 0 radical (unpaired) electrons. The standard InChI is InChI=1S/C14H19IO9/c1-6(16)20-5-10(21-7(2)17)11-12(22-8(3)18)13(14(15)24-11)23-9(4)19/h10-14H,5H2,1-4H3/t10?,11-,12+,13-,14-/m1/s1. The molecule has 0 N–H and O–H groups in total. The van der Waals surface area contributed by atoms with Crippen LogP contribution in [0.1, 0.15) is 27.7 Å². The molecule has 0 aromatic carbocycles. The van der Waals surface area contributed by atoms with Gasteiger partial charge >= 0.3 is 23.9 Å². The molecular weight excluding hydrogens is 439 g/mol. The molecule has 0 saturated carbocycles. The average molecular weight is 458 g/mol. The maximum absolute atomic E-state index is 11.4. The number of ether oxygens (including phenoxy) is 5. The zero-order valence-corrected chi connectivity index (χ0v) is 15.8. The van der Waals surface area contributed by atoms with E-state index in [2.05, 4.69) is 0 Å². The molecule has 0 aromatic heterocycles. The van der Waals surface area contributed by atoms with Gasteiger partial charge in [0, 0.05) is 27.7 Å². The first kappa shape index (κ1) is 20.6. The topological polar surface area (TPSA) is 114 Å². The number of hydrogen-bond donors (Lipinski definition) is 0. The second-order valence-corrected chi connectivity index (χ2v) is 6.28. The first-order valence-corrected chi connectivity index (χ1v) is 8.31. The summed E-state index contributed by atoms with van der Waals surface area (Å²) in [5.74, 6) is -2.40. The minimum atomic E-state index is -1.02. The highest BCUT2D eigenvalue weighted by molar-refractivity contribution is 14.1. The first-order valence-electron chi connectivity index (χ1n) is 7.06. The second-order valence-electron chi connectivity index (χ2n) is 5.05. The van der Waals surface area contributed by atoms with Crippen LogP contribution in [0.3, 0.4) is 0 Å². The summed E-state index contributed by atoms with van der Waals surface area (Å²) < 4.78 is 25.4. The number of carbonyl (C=O) groups excluding carboxylic acids is 4. The lowest BCUT2D eigenvalue weighted by Crippen LogP contribution is -2.46. The highest BCUT2D eigenvalue weighted by atomic mass is 127. The Labute approximate surface area is 152 Å². The molecule has 1 heterocycles. The summed E-state index contributed by atoms with van der Waals surface area (Å²) in [7, 11) is 0. The van der Waals surface area contributed by atoms with Gasteiger partial charge in [-0.3, -0.25) is 19.2 Å². The molecule has 0 amide bonds. The van der Waals surface area contributed by atoms with Gasteiger partial charge in [0.25, 0.3) is 0 Å². The molecule has 1 saturated heterocycles. The van der Waals surface area contributed by atoms with E-state index in [1.807, 2.05) is 22.6 Å². The first-order chi connectivity index (χ1) is 11.1. The normalized spacial score (nSPS) is 27.0. The summed E-state index contributed by atoms with van der Waals surface area (Å²) in [6.07, 6.45) is -3.86. The molecule has 0 aliphatic carbocycles. The van der Waals surface area contributed by atoms with E-state index in [1.54, 1.807) is 0 Å². The van der Waals surface area contributed by atoms with Crippen molar-refractivity contribution in [2.24, 2.45) is 0 Å². The number of halogens is 1. The minimum absolute atomic E-state index is 0.284. The van der Waals surface area contributed by atoms with Gasteiger partial charge in [0.15, 0.2) is 18.3 Å². The Morgan fingerprint density at radius 1 is 0.917 bits per heavy atom. The molecule has 9 nitrogen and oxygen atoms in total. The van der Waals surface area contributed by atoms with Gasteiger partial charge in [-0.05, 0) is 22.6 Å². The zero-order valence-electron chi connectivity index (χ0n) is 13.6. The monoisotopic (exact) mass is 458 g/mol. The molecule has 10 heteroatoms. The maximum Gasteiger partial charge on any atom is 0.303 e. The molecule has 5 atom stereocenters. The van der Waals surface area contributed by atoms with Crippen LogP contribution in [0.15, 0.2) is 0 Å². The van der Waals surface area contributed by atoms with Crippen molar-refractivity contribution in [1.29, 1.82) is 0 Å². The van der Waals surface area contributed by atoms with Crippen molar-refractivity contribution in [3.63, 3.8) is 0 Å².